The molecule has 126 valence electrons. The van der Waals surface area contributed by atoms with Gasteiger partial charge in [0.2, 0.25) is 5.91 Å². The van der Waals surface area contributed by atoms with Crippen LogP contribution in [-0.2, 0) is 4.79 Å². The van der Waals surface area contributed by atoms with E-state index in [1.807, 2.05) is 37.8 Å². The number of nitrogens with zero attached hydrogens (tertiary/aromatic N) is 2. The maximum absolute atomic E-state index is 12.7. The van der Waals surface area contributed by atoms with Crippen LogP contribution in [0.2, 0.25) is 0 Å². The Bertz CT molecular complexity index is 545. The summed E-state index contributed by atoms with van der Waals surface area (Å²) in [5.74, 6) is 0.144. The van der Waals surface area contributed by atoms with Gasteiger partial charge in [0.05, 0.1) is 0 Å². The molecule has 0 atom stereocenters. The van der Waals surface area contributed by atoms with Crippen LogP contribution >= 0.6 is 0 Å². The zero-order valence-electron chi connectivity index (χ0n) is 14.4. The number of carbonyl (C=O) groups excluding carboxylic acids is 2. The summed E-state index contributed by atoms with van der Waals surface area (Å²) in [6.07, 6.45) is 0.393. The molecule has 1 aliphatic rings. The van der Waals surface area contributed by atoms with Crippen LogP contribution in [0.5, 0.6) is 0 Å². The molecular formula is C18H27N3O2. The number of rotatable bonds is 5. The molecule has 1 fully saturated rings. The number of hydrogen-bond donors (Lipinski definition) is 1. The topological polar surface area (TPSA) is 52.7 Å². The molecule has 0 bridgehead atoms. The second kappa shape index (κ2) is 8.11. The maximum Gasteiger partial charge on any atom is 0.253 e. The van der Waals surface area contributed by atoms with Crippen molar-refractivity contribution in [3.05, 3.63) is 34.9 Å². The summed E-state index contributed by atoms with van der Waals surface area (Å²) in [6.45, 7) is 10.3. The molecule has 0 aliphatic carbocycles. The summed E-state index contributed by atoms with van der Waals surface area (Å²) in [7, 11) is 0. The van der Waals surface area contributed by atoms with E-state index in [0.717, 1.165) is 37.3 Å². The molecule has 0 aromatic heterocycles. The highest BCUT2D eigenvalue weighted by molar-refractivity contribution is 5.94. The number of aryl methyl sites for hydroxylation is 2. The van der Waals surface area contributed by atoms with E-state index in [2.05, 4.69) is 11.4 Å². The largest absolute Gasteiger partial charge is 0.340 e. The van der Waals surface area contributed by atoms with Crippen molar-refractivity contribution in [3.63, 3.8) is 0 Å². The second-order valence-electron chi connectivity index (χ2n) is 6.14. The average Bonchev–Trinajstić information content (AvgIpc) is 2.55. The molecule has 1 aromatic rings. The first kappa shape index (κ1) is 17.5. The molecule has 5 heteroatoms. The fraction of sp³-hybridized carbons (Fsp3) is 0.556. The Morgan fingerprint density at radius 3 is 2.30 bits per heavy atom. The van der Waals surface area contributed by atoms with E-state index >= 15 is 0 Å². The molecule has 1 aromatic carbocycles. The lowest BCUT2D eigenvalue weighted by Crippen LogP contribution is -2.47. The van der Waals surface area contributed by atoms with Gasteiger partial charge in [-0.05, 0) is 32.9 Å². The first-order chi connectivity index (χ1) is 11.0. The summed E-state index contributed by atoms with van der Waals surface area (Å²) in [4.78, 5) is 28.5. The van der Waals surface area contributed by atoms with Gasteiger partial charge in [-0.15, -0.1) is 0 Å². The fourth-order valence-electron chi connectivity index (χ4n) is 2.99. The van der Waals surface area contributed by atoms with Gasteiger partial charge in [-0.1, -0.05) is 17.2 Å². The number of benzene rings is 1. The Morgan fingerprint density at radius 2 is 1.74 bits per heavy atom. The van der Waals surface area contributed by atoms with E-state index in [-0.39, 0.29) is 11.8 Å². The van der Waals surface area contributed by atoms with Crippen LogP contribution in [-0.4, -0.2) is 60.9 Å². The smallest absolute Gasteiger partial charge is 0.253 e. The van der Waals surface area contributed by atoms with Crippen molar-refractivity contribution in [2.75, 3.05) is 39.3 Å². The van der Waals surface area contributed by atoms with Crippen LogP contribution in [0.1, 0.15) is 34.8 Å². The van der Waals surface area contributed by atoms with Crippen molar-refractivity contribution in [2.24, 2.45) is 0 Å². The third-order valence-electron chi connectivity index (χ3n) is 4.20. The lowest BCUT2D eigenvalue weighted by molar-refractivity contribution is -0.131. The number of amides is 2. The van der Waals surface area contributed by atoms with Gasteiger partial charge in [0, 0.05) is 51.3 Å². The Morgan fingerprint density at radius 1 is 1.13 bits per heavy atom. The van der Waals surface area contributed by atoms with Gasteiger partial charge >= 0.3 is 0 Å². The molecule has 0 radical (unpaired) electrons. The van der Waals surface area contributed by atoms with Crippen molar-refractivity contribution in [3.8, 4) is 0 Å². The van der Waals surface area contributed by atoms with Crippen LogP contribution in [0.4, 0.5) is 0 Å². The van der Waals surface area contributed by atoms with Gasteiger partial charge in [0.1, 0.15) is 0 Å². The summed E-state index contributed by atoms with van der Waals surface area (Å²) >= 11 is 0. The second-order valence-corrected chi connectivity index (χ2v) is 6.14. The SMILES string of the molecule is CCN(CCC(=O)N1CCNCC1)C(=O)c1cc(C)cc(C)c1. The fourth-order valence-corrected chi connectivity index (χ4v) is 2.99. The standard InChI is InChI=1S/C18H27N3O2/c1-4-20(8-5-17(22)21-9-6-19-7-10-21)18(23)16-12-14(2)11-15(3)13-16/h11-13,19H,4-10H2,1-3H3. The van der Waals surface area contributed by atoms with E-state index in [1.165, 1.54) is 0 Å². The first-order valence-corrected chi connectivity index (χ1v) is 8.37. The molecule has 0 saturated carbocycles. The Kier molecular flexibility index (Phi) is 6.16. The summed E-state index contributed by atoms with van der Waals surface area (Å²) in [6, 6.07) is 5.88. The highest BCUT2D eigenvalue weighted by Gasteiger charge is 2.19. The number of hydrogen-bond acceptors (Lipinski definition) is 3. The molecule has 2 rings (SSSR count). The lowest BCUT2D eigenvalue weighted by atomic mass is 10.1. The van der Waals surface area contributed by atoms with E-state index in [0.29, 0.717) is 25.1 Å². The van der Waals surface area contributed by atoms with Gasteiger partial charge in [-0.3, -0.25) is 9.59 Å². The van der Waals surface area contributed by atoms with E-state index in [4.69, 9.17) is 0 Å². The summed E-state index contributed by atoms with van der Waals surface area (Å²) in [5.41, 5.74) is 2.88. The molecule has 5 nitrogen and oxygen atoms in total. The van der Waals surface area contributed by atoms with Crippen LogP contribution in [0.15, 0.2) is 18.2 Å². The van der Waals surface area contributed by atoms with Crippen molar-refractivity contribution in [1.29, 1.82) is 0 Å². The number of nitrogens with one attached hydrogen (secondary N) is 1. The highest BCUT2D eigenvalue weighted by Crippen LogP contribution is 2.12. The van der Waals surface area contributed by atoms with E-state index in [9.17, 15) is 9.59 Å². The van der Waals surface area contributed by atoms with E-state index < -0.39 is 0 Å². The number of carbonyl (C=O) groups is 2. The lowest BCUT2D eigenvalue weighted by Gasteiger charge is -2.28. The molecule has 1 N–H and O–H groups in total. The monoisotopic (exact) mass is 317 g/mol. The van der Waals surface area contributed by atoms with Gasteiger partial charge in [-0.25, -0.2) is 0 Å². The molecule has 2 amide bonds. The van der Waals surface area contributed by atoms with Crippen molar-refractivity contribution < 1.29 is 9.59 Å². The Labute approximate surface area is 138 Å². The predicted molar refractivity (Wildman–Crippen MR) is 91.6 cm³/mol. The van der Waals surface area contributed by atoms with Crippen molar-refractivity contribution in [2.45, 2.75) is 27.2 Å². The third kappa shape index (κ3) is 4.79. The quantitative estimate of drug-likeness (QED) is 0.897. The zero-order chi connectivity index (χ0) is 16.8. The van der Waals surface area contributed by atoms with Gasteiger partial charge < -0.3 is 15.1 Å². The molecule has 0 unspecified atom stereocenters. The molecule has 23 heavy (non-hydrogen) atoms. The van der Waals surface area contributed by atoms with Gasteiger partial charge in [-0.2, -0.15) is 0 Å². The molecule has 1 saturated heterocycles. The Hall–Kier alpha value is -1.88. The molecular weight excluding hydrogens is 290 g/mol. The van der Waals surface area contributed by atoms with Crippen LogP contribution in [0, 0.1) is 13.8 Å². The summed E-state index contributed by atoms with van der Waals surface area (Å²) in [5, 5.41) is 3.24. The molecule has 1 heterocycles. The van der Waals surface area contributed by atoms with Crippen LogP contribution in [0.3, 0.4) is 0 Å². The highest BCUT2D eigenvalue weighted by atomic mass is 16.2. The number of piperazine rings is 1. The van der Waals surface area contributed by atoms with Crippen molar-refractivity contribution in [1.82, 2.24) is 15.1 Å². The minimum atomic E-state index is 0.00686. The van der Waals surface area contributed by atoms with Crippen LogP contribution in [0.25, 0.3) is 0 Å². The van der Waals surface area contributed by atoms with Gasteiger partial charge in [0.15, 0.2) is 0 Å². The maximum atomic E-state index is 12.7. The van der Waals surface area contributed by atoms with Gasteiger partial charge in [0.25, 0.3) is 5.91 Å². The Balaban J connectivity index is 1.96. The normalized spacial score (nSPS) is 14.7. The van der Waals surface area contributed by atoms with E-state index in [1.54, 1.807) is 4.90 Å². The third-order valence-corrected chi connectivity index (χ3v) is 4.20. The predicted octanol–water partition coefficient (Wildman–Crippen LogP) is 1.59. The zero-order valence-corrected chi connectivity index (χ0v) is 14.4. The molecule has 0 spiro atoms. The van der Waals surface area contributed by atoms with Crippen LogP contribution < -0.4 is 5.32 Å². The average molecular weight is 317 g/mol. The first-order valence-electron chi connectivity index (χ1n) is 8.37. The minimum Gasteiger partial charge on any atom is -0.340 e. The van der Waals surface area contributed by atoms with Crippen molar-refractivity contribution >= 4 is 11.8 Å². The minimum absolute atomic E-state index is 0.00686. The molecule has 1 aliphatic heterocycles. The summed E-state index contributed by atoms with van der Waals surface area (Å²) < 4.78 is 0.